The minimum absolute atomic E-state index is 0.218. The number of carbonyl (C=O) groups is 1. The van der Waals surface area contributed by atoms with Crippen molar-refractivity contribution in [2.24, 2.45) is 0 Å². The summed E-state index contributed by atoms with van der Waals surface area (Å²) in [5.41, 5.74) is 3.45. The average molecular weight is 324 g/mol. The molecule has 0 radical (unpaired) electrons. The van der Waals surface area contributed by atoms with Gasteiger partial charge in [-0.25, -0.2) is 9.97 Å². The number of anilines is 1. The van der Waals surface area contributed by atoms with E-state index in [1.165, 1.54) is 11.5 Å². The van der Waals surface area contributed by atoms with Gasteiger partial charge in [-0.3, -0.25) is 4.79 Å². The monoisotopic (exact) mass is 324 g/mol. The fourth-order valence-corrected chi connectivity index (χ4v) is 3.12. The van der Waals surface area contributed by atoms with Crippen LogP contribution in [0.2, 0.25) is 0 Å². The van der Waals surface area contributed by atoms with Crippen LogP contribution in [0.1, 0.15) is 21.9 Å². The summed E-state index contributed by atoms with van der Waals surface area (Å²) in [6, 6.07) is 7.18. The molecular weight excluding hydrogens is 312 g/mol. The number of nitrogens with zero attached hydrogens (tertiary/aromatic N) is 3. The molecule has 4 aromatic rings. The highest BCUT2D eigenvalue weighted by molar-refractivity contribution is 7.12. The van der Waals surface area contributed by atoms with Crippen LogP contribution in [0.15, 0.2) is 34.9 Å². The molecule has 0 unspecified atom stereocenters. The molecule has 1 N–H and O–H groups in total. The molecule has 0 bridgehead atoms. The third kappa shape index (κ3) is 2.44. The van der Waals surface area contributed by atoms with Gasteiger partial charge in [0.1, 0.15) is 10.3 Å². The SMILES string of the molecule is Cc1nc2cc(NC(=O)c3cnc4snc(C)c4c3)ccc2o1. The Labute approximate surface area is 135 Å². The molecule has 6 nitrogen and oxygen atoms in total. The lowest BCUT2D eigenvalue weighted by atomic mass is 10.2. The van der Waals surface area contributed by atoms with E-state index < -0.39 is 0 Å². The predicted octanol–water partition coefficient (Wildman–Crippen LogP) is 3.70. The molecule has 0 atom stereocenters. The quantitative estimate of drug-likeness (QED) is 0.608. The molecule has 23 heavy (non-hydrogen) atoms. The summed E-state index contributed by atoms with van der Waals surface area (Å²) >= 11 is 1.33. The molecule has 0 saturated carbocycles. The smallest absolute Gasteiger partial charge is 0.257 e. The van der Waals surface area contributed by atoms with Crippen LogP contribution >= 0.6 is 11.5 Å². The van der Waals surface area contributed by atoms with Crippen LogP contribution in [-0.4, -0.2) is 20.2 Å². The number of hydrogen-bond donors (Lipinski definition) is 1. The molecule has 0 aliphatic carbocycles. The van der Waals surface area contributed by atoms with Crippen molar-refractivity contribution in [1.29, 1.82) is 0 Å². The summed E-state index contributed by atoms with van der Waals surface area (Å²) in [4.78, 5) is 21.8. The largest absolute Gasteiger partial charge is 0.441 e. The number of hydrogen-bond acceptors (Lipinski definition) is 6. The number of amides is 1. The predicted molar refractivity (Wildman–Crippen MR) is 88.9 cm³/mol. The maximum atomic E-state index is 12.4. The molecule has 114 valence electrons. The topological polar surface area (TPSA) is 80.9 Å². The summed E-state index contributed by atoms with van der Waals surface area (Å²) in [5, 5.41) is 3.77. The van der Waals surface area contributed by atoms with Gasteiger partial charge in [0, 0.05) is 24.2 Å². The Balaban J connectivity index is 1.65. The van der Waals surface area contributed by atoms with E-state index in [4.69, 9.17) is 4.42 Å². The zero-order valence-electron chi connectivity index (χ0n) is 12.5. The van der Waals surface area contributed by atoms with Gasteiger partial charge in [0.05, 0.1) is 11.3 Å². The summed E-state index contributed by atoms with van der Waals surface area (Å²) in [7, 11) is 0. The Morgan fingerprint density at radius 2 is 2.13 bits per heavy atom. The van der Waals surface area contributed by atoms with Gasteiger partial charge in [-0.1, -0.05) is 0 Å². The van der Waals surface area contributed by atoms with Crippen LogP contribution in [0, 0.1) is 13.8 Å². The first-order valence-electron chi connectivity index (χ1n) is 7.01. The van der Waals surface area contributed by atoms with Gasteiger partial charge in [-0.05, 0) is 42.7 Å². The summed E-state index contributed by atoms with van der Waals surface area (Å²) in [6.07, 6.45) is 1.56. The van der Waals surface area contributed by atoms with Crippen molar-refractivity contribution in [2.45, 2.75) is 13.8 Å². The lowest BCUT2D eigenvalue weighted by molar-refractivity contribution is 0.102. The van der Waals surface area contributed by atoms with E-state index in [0.29, 0.717) is 28.2 Å². The summed E-state index contributed by atoms with van der Waals surface area (Å²) in [6.45, 7) is 3.69. The number of rotatable bonds is 2. The van der Waals surface area contributed by atoms with Crippen LogP contribution in [0.4, 0.5) is 5.69 Å². The van der Waals surface area contributed by atoms with E-state index in [1.807, 2.05) is 13.0 Å². The van der Waals surface area contributed by atoms with Crippen molar-refractivity contribution in [1.82, 2.24) is 14.3 Å². The van der Waals surface area contributed by atoms with Crippen molar-refractivity contribution in [3.05, 3.63) is 47.6 Å². The molecule has 7 heteroatoms. The van der Waals surface area contributed by atoms with Gasteiger partial charge >= 0.3 is 0 Å². The fourth-order valence-electron chi connectivity index (χ4n) is 2.39. The first-order chi connectivity index (χ1) is 11.1. The van der Waals surface area contributed by atoms with Crippen LogP contribution in [0.25, 0.3) is 21.3 Å². The van der Waals surface area contributed by atoms with Crippen LogP contribution in [0.5, 0.6) is 0 Å². The van der Waals surface area contributed by atoms with E-state index in [1.54, 1.807) is 31.3 Å². The van der Waals surface area contributed by atoms with Gasteiger partial charge in [-0.2, -0.15) is 4.37 Å². The molecule has 0 aliphatic rings. The molecule has 1 amide bonds. The number of oxazole rings is 1. The maximum absolute atomic E-state index is 12.4. The average Bonchev–Trinajstić information content (AvgIpc) is 3.09. The number of aryl methyl sites for hydroxylation is 2. The zero-order valence-corrected chi connectivity index (χ0v) is 13.3. The van der Waals surface area contributed by atoms with E-state index in [2.05, 4.69) is 19.7 Å². The fraction of sp³-hybridized carbons (Fsp3) is 0.125. The van der Waals surface area contributed by atoms with Crippen LogP contribution in [0.3, 0.4) is 0 Å². The Hall–Kier alpha value is -2.80. The molecule has 0 fully saturated rings. The van der Waals surface area contributed by atoms with Crippen molar-refractivity contribution in [3.8, 4) is 0 Å². The third-order valence-corrected chi connectivity index (χ3v) is 4.39. The van der Waals surface area contributed by atoms with Gasteiger partial charge < -0.3 is 9.73 Å². The number of fused-ring (bicyclic) bond motifs is 2. The standard InChI is InChI=1S/C16H12N4O2S/c1-8-12-5-10(7-17-16(12)23-20-8)15(21)19-11-3-4-14-13(6-11)18-9(2)22-14/h3-7H,1-2H3,(H,19,21). The number of aromatic nitrogens is 3. The summed E-state index contributed by atoms with van der Waals surface area (Å²) in [5.74, 6) is 0.378. The lowest BCUT2D eigenvalue weighted by Crippen LogP contribution is -2.12. The second-order valence-corrected chi connectivity index (χ2v) is 5.97. The van der Waals surface area contributed by atoms with Crippen molar-refractivity contribution >= 4 is 44.4 Å². The number of nitrogens with one attached hydrogen (secondary N) is 1. The van der Waals surface area contributed by atoms with Crippen molar-refractivity contribution in [3.63, 3.8) is 0 Å². The van der Waals surface area contributed by atoms with E-state index in [9.17, 15) is 4.79 Å². The second kappa shape index (κ2) is 5.13. The Morgan fingerprint density at radius 1 is 1.26 bits per heavy atom. The highest BCUT2D eigenvalue weighted by Crippen LogP contribution is 2.23. The van der Waals surface area contributed by atoms with E-state index in [-0.39, 0.29) is 5.91 Å². The second-order valence-electron chi connectivity index (χ2n) is 5.21. The molecule has 0 spiro atoms. The zero-order chi connectivity index (χ0) is 16.0. The molecule has 3 aromatic heterocycles. The first kappa shape index (κ1) is 13.8. The van der Waals surface area contributed by atoms with E-state index in [0.717, 1.165) is 15.9 Å². The maximum Gasteiger partial charge on any atom is 0.257 e. The van der Waals surface area contributed by atoms with Crippen LogP contribution < -0.4 is 5.32 Å². The van der Waals surface area contributed by atoms with Gasteiger partial charge in [0.2, 0.25) is 0 Å². The Bertz CT molecular complexity index is 1050. The molecule has 1 aromatic carbocycles. The number of carbonyl (C=O) groups excluding carboxylic acids is 1. The van der Waals surface area contributed by atoms with Gasteiger partial charge in [0.25, 0.3) is 5.91 Å². The first-order valence-corrected chi connectivity index (χ1v) is 7.78. The van der Waals surface area contributed by atoms with Crippen molar-refractivity contribution in [2.75, 3.05) is 5.32 Å². The van der Waals surface area contributed by atoms with E-state index >= 15 is 0 Å². The highest BCUT2D eigenvalue weighted by Gasteiger charge is 2.11. The van der Waals surface area contributed by atoms with Gasteiger partial charge in [0.15, 0.2) is 11.5 Å². The van der Waals surface area contributed by atoms with Gasteiger partial charge in [-0.15, -0.1) is 0 Å². The summed E-state index contributed by atoms with van der Waals surface area (Å²) < 4.78 is 9.67. The van der Waals surface area contributed by atoms with Crippen LogP contribution in [-0.2, 0) is 0 Å². The van der Waals surface area contributed by atoms with Crippen molar-refractivity contribution < 1.29 is 9.21 Å². The minimum Gasteiger partial charge on any atom is -0.441 e. The Morgan fingerprint density at radius 3 is 3.00 bits per heavy atom. The normalized spacial score (nSPS) is 11.2. The lowest BCUT2D eigenvalue weighted by Gasteiger charge is -2.05. The number of benzene rings is 1. The molecule has 4 rings (SSSR count). The minimum atomic E-state index is -0.218. The third-order valence-electron chi connectivity index (χ3n) is 3.52. The molecular formula is C16H12N4O2S. The number of pyridine rings is 1. The molecule has 0 aliphatic heterocycles. The Kier molecular flexibility index (Phi) is 3.09. The molecule has 0 saturated heterocycles. The highest BCUT2D eigenvalue weighted by atomic mass is 32.1. The molecule has 3 heterocycles.